The van der Waals surface area contributed by atoms with E-state index in [1.54, 1.807) is 22.9 Å². The molecular weight excluding hydrogens is 466 g/mol. The first kappa shape index (κ1) is 23.4. The van der Waals surface area contributed by atoms with Crippen LogP contribution in [-0.2, 0) is 39.8 Å². The number of carboxylic acid groups (broad SMARTS) is 1. The number of aliphatic carboxylic acids is 1. The Labute approximate surface area is 197 Å². The molecule has 0 radical (unpaired) electrons. The minimum atomic E-state index is -4.30. The quantitative estimate of drug-likeness (QED) is 0.374. The molecular formula is C23H24ClN3O5S. The predicted molar refractivity (Wildman–Crippen MR) is 124 cm³/mol. The Morgan fingerprint density at radius 1 is 1.21 bits per heavy atom. The molecule has 0 bridgehead atoms. The maximum Gasteiger partial charge on any atom is 0.321 e. The Balaban J connectivity index is 1.58. The number of carbonyl (C=O) groups is 1. The van der Waals surface area contributed by atoms with E-state index in [4.69, 9.17) is 11.6 Å². The summed E-state index contributed by atoms with van der Waals surface area (Å²) >= 11 is 6.32. The molecule has 1 aromatic heterocycles. The van der Waals surface area contributed by atoms with E-state index in [-0.39, 0.29) is 19.4 Å². The van der Waals surface area contributed by atoms with Gasteiger partial charge in [-0.1, -0.05) is 60.1 Å². The molecule has 1 heterocycles. The second-order valence-electron chi connectivity index (χ2n) is 8.30. The van der Waals surface area contributed by atoms with Gasteiger partial charge in [0, 0.05) is 17.8 Å². The Hall–Kier alpha value is -2.72. The number of imidazole rings is 1. The van der Waals surface area contributed by atoms with Crippen LogP contribution in [0.15, 0.2) is 67.1 Å². The van der Waals surface area contributed by atoms with Crippen molar-refractivity contribution in [1.29, 1.82) is 0 Å². The van der Waals surface area contributed by atoms with Crippen LogP contribution in [0.25, 0.3) is 0 Å². The molecule has 174 valence electrons. The van der Waals surface area contributed by atoms with Crippen molar-refractivity contribution in [2.24, 2.45) is 0 Å². The topological polar surface area (TPSA) is 122 Å². The van der Waals surface area contributed by atoms with Gasteiger partial charge in [-0.15, -0.1) is 0 Å². The summed E-state index contributed by atoms with van der Waals surface area (Å²) in [6.45, 7) is 0.159. The Morgan fingerprint density at radius 2 is 1.91 bits per heavy atom. The summed E-state index contributed by atoms with van der Waals surface area (Å²) in [5.74, 6) is -0.988. The van der Waals surface area contributed by atoms with Crippen molar-refractivity contribution in [3.8, 4) is 0 Å². The smallest absolute Gasteiger partial charge is 0.321 e. The first-order valence-electron chi connectivity index (χ1n) is 10.4. The molecule has 1 saturated carbocycles. The van der Waals surface area contributed by atoms with E-state index in [0.29, 0.717) is 17.1 Å². The standard InChI is InChI=1S/C23H24ClN3O5S/c24-19-9-5-4-8-17(19)11-23(12-21(23)33(30,31)32)27-15-25-13-18(27)14-26-20(22(28)29)10-16-6-2-1-3-7-16/h1-9,13,15,20-21,26H,10-12,14H2,(H,28,29)(H,30,31,32)/t20-,21?,23?/m0/s1. The summed E-state index contributed by atoms with van der Waals surface area (Å²) in [5.41, 5.74) is 1.30. The van der Waals surface area contributed by atoms with Crippen LogP contribution in [0.3, 0.4) is 0 Å². The van der Waals surface area contributed by atoms with Crippen LogP contribution in [0.5, 0.6) is 0 Å². The number of halogens is 1. The molecule has 2 aromatic carbocycles. The molecule has 10 heteroatoms. The normalized spacial score (nSPS) is 21.0. The van der Waals surface area contributed by atoms with Gasteiger partial charge >= 0.3 is 5.97 Å². The maximum atomic E-state index is 12.0. The molecule has 1 aliphatic carbocycles. The largest absolute Gasteiger partial charge is 0.480 e. The number of nitrogens with one attached hydrogen (secondary N) is 1. The van der Waals surface area contributed by atoms with Gasteiger partial charge in [0.2, 0.25) is 0 Å². The van der Waals surface area contributed by atoms with Crippen molar-refractivity contribution in [1.82, 2.24) is 14.9 Å². The number of rotatable bonds is 10. The van der Waals surface area contributed by atoms with Crippen molar-refractivity contribution in [3.63, 3.8) is 0 Å². The van der Waals surface area contributed by atoms with Gasteiger partial charge in [-0.2, -0.15) is 8.42 Å². The molecule has 3 N–H and O–H groups in total. The van der Waals surface area contributed by atoms with Crippen molar-refractivity contribution in [2.45, 2.75) is 42.6 Å². The second-order valence-corrected chi connectivity index (χ2v) is 10.3. The van der Waals surface area contributed by atoms with E-state index in [0.717, 1.165) is 11.1 Å². The first-order chi connectivity index (χ1) is 15.7. The van der Waals surface area contributed by atoms with Crippen LogP contribution in [-0.4, -0.2) is 44.9 Å². The summed E-state index contributed by atoms with van der Waals surface area (Å²) in [4.78, 5) is 16.0. The van der Waals surface area contributed by atoms with E-state index in [2.05, 4.69) is 10.3 Å². The van der Waals surface area contributed by atoms with E-state index >= 15 is 0 Å². The number of carboxylic acids is 1. The first-order valence-corrected chi connectivity index (χ1v) is 12.3. The third-order valence-electron chi connectivity index (χ3n) is 6.10. The molecule has 1 fully saturated rings. The summed E-state index contributed by atoms with van der Waals surface area (Å²) in [5, 5.41) is 12.2. The van der Waals surface area contributed by atoms with Gasteiger partial charge < -0.3 is 9.67 Å². The number of benzene rings is 2. The van der Waals surface area contributed by atoms with Crippen molar-refractivity contribution < 1.29 is 22.9 Å². The molecule has 33 heavy (non-hydrogen) atoms. The van der Waals surface area contributed by atoms with Crippen LogP contribution in [0.1, 0.15) is 23.2 Å². The minimum Gasteiger partial charge on any atom is -0.480 e. The zero-order chi connectivity index (χ0) is 23.6. The lowest BCUT2D eigenvalue weighted by Crippen LogP contribution is -2.39. The number of aromatic nitrogens is 2. The fourth-order valence-corrected chi connectivity index (χ4v) is 5.77. The van der Waals surface area contributed by atoms with Crippen molar-refractivity contribution in [3.05, 3.63) is 89.0 Å². The van der Waals surface area contributed by atoms with E-state index in [9.17, 15) is 22.9 Å². The van der Waals surface area contributed by atoms with Gasteiger partial charge in [-0.05, 0) is 36.5 Å². The molecule has 4 rings (SSSR count). The lowest BCUT2D eigenvalue weighted by molar-refractivity contribution is -0.139. The van der Waals surface area contributed by atoms with E-state index in [1.807, 2.05) is 42.5 Å². The third-order valence-corrected chi connectivity index (χ3v) is 7.79. The maximum absolute atomic E-state index is 12.0. The van der Waals surface area contributed by atoms with Crippen LogP contribution < -0.4 is 5.32 Å². The Kier molecular flexibility index (Phi) is 6.58. The van der Waals surface area contributed by atoms with Gasteiger partial charge in [0.1, 0.15) is 11.3 Å². The van der Waals surface area contributed by atoms with Gasteiger partial charge in [-0.3, -0.25) is 14.7 Å². The lowest BCUT2D eigenvalue weighted by atomic mass is 10.0. The zero-order valence-electron chi connectivity index (χ0n) is 17.6. The summed E-state index contributed by atoms with van der Waals surface area (Å²) in [6.07, 6.45) is 3.87. The van der Waals surface area contributed by atoms with Gasteiger partial charge in [0.25, 0.3) is 10.1 Å². The van der Waals surface area contributed by atoms with Crippen molar-refractivity contribution in [2.75, 3.05) is 0 Å². The second kappa shape index (κ2) is 9.26. The SMILES string of the molecule is O=C(O)[C@H](Cc1ccccc1)NCc1cncn1C1(Cc2ccccc2Cl)CC1S(=O)(=O)O. The summed E-state index contributed by atoms with van der Waals surface area (Å²) < 4.78 is 35.6. The van der Waals surface area contributed by atoms with E-state index < -0.39 is 32.9 Å². The number of hydrogen-bond donors (Lipinski definition) is 3. The summed E-state index contributed by atoms with van der Waals surface area (Å²) in [6, 6.07) is 15.6. The van der Waals surface area contributed by atoms with Crippen molar-refractivity contribution >= 4 is 27.7 Å². The minimum absolute atomic E-state index is 0.159. The monoisotopic (exact) mass is 489 g/mol. The molecule has 0 saturated heterocycles. The lowest BCUT2D eigenvalue weighted by Gasteiger charge is -2.23. The molecule has 3 atom stereocenters. The average Bonchev–Trinajstić information content (AvgIpc) is 3.32. The third kappa shape index (κ3) is 5.11. The Bertz CT molecular complexity index is 1250. The molecule has 1 aliphatic rings. The fourth-order valence-electron chi connectivity index (χ4n) is 4.32. The van der Waals surface area contributed by atoms with Gasteiger partial charge in [-0.25, -0.2) is 4.98 Å². The molecule has 0 amide bonds. The molecule has 3 aromatic rings. The number of hydrogen-bond acceptors (Lipinski definition) is 5. The van der Waals surface area contributed by atoms with Crippen LogP contribution in [0.4, 0.5) is 0 Å². The number of nitrogens with zero attached hydrogens (tertiary/aromatic N) is 2. The highest BCUT2D eigenvalue weighted by molar-refractivity contribution is 7.86. The molecule has 8 nitrogen and oxygen atoms in total. The van der Waals surface area contributed by atoms with Crippen LogP contribution in [0, 0.1) is 0 Å². The fraction of sp³-hybridized carbons (Fsp3) is 0.304. The van der Waals surface area contributed by atoms with Crippen LogP contribution >= 0.6 is 11.6 Å². The zero-order valence-corrected chi connectivity index (χ0v) is 19.2. The predicted octanol–water partition coefficient (Wildman–Crippen LogP) is 2.92. The molecule has 0 spiro atoms. The van der Waals surface area contributed by atoms with Gasteiger partial charge in [0.15, 0.2) is 0 Å². The Morgan fingerprint density at radius 3 is 2.55 bits per heavy atom. The van der Waals surface area contributed by atoms with E-state index in [1.165, 1.54) is 6.33 Å². The highest BCUT2D eigenvalue weighted by Crippen LogP contribution is 2.52. The molecule has 2 unspecified atom stereocenters. The average molecular weight is 490 g/mol. The highest BCUT2D eigenvalue weighted by Gasteiger charge is 2.63. The molecule has 0 aliphatic heterocycles. The van der Waals surface area contributed by atoms with Crippen LogP contribution in [0.2, 0.25) is 5.02 Å². The van der Waals surface area contributed by atoms with Gasteiger partial charge in [0.05, 0.1) is 17.6 Å². The highest BCUT2D eigenvalue weighted by atomic mass is 35.5. The summed E-state index contributed by atoms with van der Waals surface area (Å²) in [7, 11) is -4.30.